The van der Waals surface area contributed by atoms with Crippen LogP contribution < -0.4 is 5.32 Å². The fourth-order valence-electron chi connectivity index (χ4n) is 1.99. The number of methoxy groups -OCH3 is 1. The highest BCUT2D eigenvalue weighted by Gasteiger charge is 2.13. The Bertz CT molecular complexity index is 587. The van der Waals surface area contributed by atoms with Crippen LogP contribution in [0.25, 0.3) is 0 Å². The van der Waals surface area contributed by atoms with Crippen molar-refractivity contribution in [3.8, 4) is 0 Å². The monoisotopic (exact) mass is 362 g/mol. The van der Waals surface area contributed by atoms with Crippen molar-refractivity contribution in [3.05, 3.63) is 64.6 Å². The molecule has 4 nitrogen and oxygen atoms in total. The van der Waals surface area contributed by atoms with E-state index >= 15 is 0 Å². The van der Waals surface area contributed by atoms with Crippen molar-refractivity contribution in [2.45, 2.75) is 6.54 Å². The first-order valence-electron chi connectivity index (χ1n) is 7.03. The third-order valence-electron chi connectivity index (χ3n) is 3.16. The molecule has 0 aliphatic carbocycles. The van der Waals surface area contributed by atoms with E-state index in [9.17, 15) is 4.79 Å². The van der Waals surface area contributed by atoms with Gasteiger partial charge in [0.25, 0.3) is 0 Å². The lowest BCUT2D eigenvalue weighted by atomic mass is 10.2. The molecule has 116 valence electrons. The van der Waals surface area contributed by atoms with Crippen molar-refractivity contribution >= 4 is 27.6 Å². The number of carbonyl (C=O) groups excluding carboxylic acids is 1. The Balaban J connectivity index is 2.03. The number of nitrogens with one attached hydrogen (secondary N) is 1. The minimum atomic E-state index is -0.136. The van der Waals surface area contributed by atoms with E-state index in [2.05, 4.69) is 21.2 Å². The second kappa shape index (κ2) is 8.56. The second-order valence-corrected chi connectivity index (χ2v) is 5.75. The molecular weight excluding hydrogens is 344 g/mol. The molecule has 2 aromatic rings. The molecule has 1 N–H and O–H groups in total. The highest BCUT2D eigenvalue weighted by Crippen LogP contribution is 2.15. The summed E-state index contributed by atoms with van der Waals surface area (Å²) < 4.78 is 6.08. The molecule has 22 heavy (non-hydrogen) atoms. The number of anilines is 1. The molecule has 0 saturated heterocycles. The summed E-state index contributed by atoms with van der Waals surface area (Å²) in [6.07, 6.45) is 0. The van der Waals surface area contributed by atoms with Gasteiger partial charge >= 0.3 is 6.03 Å². The minimum absolute atomic E-state index is 0.136. The van der Waals surface area contributed by atoms with Crippen LogP contribution in [0.4, 0.5) is 10.5 Å². The quantitative estimate of drug-likeness (QED) is 0.839. The van der Waals surface area contributed by atoms with Crippen LogP contribution in [0.3, 0.4) is 0 Å². The molecule has 5 heteroatoms. The minimum Gasteiger partial charge on any atom is -0.383 e. The first-order chi connectivity index (χ1) is 10.7. The predicted octanol–water partition coefficient (Wildman–Crippen LogP) is 4.13. The van der Waals surface area contributed by atoms with Crippen LogP contribution in [0.1, 0.15) is 5.56 Å². The van der Waals surface area contributed by atoms with Crippen LogP contribution >= 0.6 is 15.9 Å². The fourth-order valence-corrected chi connectivity index (χ4v) is 2.26. The maximum absolute atomic E-state index is 12.5. The summed E-state index contributed by atoms with van der Waals surface area (Å²) >= 11 is 3.38. The highest BCUT2D eigenvalue weighted by molar-refractivity contribution is 9.10. The van der Waals surface area contributed by atoms with Gasteiger partial charge in [0.1, 0.15) is 0 Å². The number of nitrogens with zero attached hydrogens (tertiary/aromatic N) is 1. The number of benzene rings is 2. The van der Waals surface area contributed by atoms with E-state index in [1.165, 1.54) is 0 Å². The molecule has 2 aromatic carbocycles. The standard InChI is InChI=1S/C17H19BrN2O2/c1-22-12-11-20(13-14-5-3-2-4-6-14)17(21)19-16-9-7-15(18)8-10-16/h2-10H,11-13H2,1H3,(H,19,21). The molecule has 0 aliphatic rings. The second-order valence-electron chi connectivity index (χ2n) is 4.84. The molecule has 0 radical (unpaired) electrons. The normalized spacial score (nSPS) is 10.3. The molecule has 0 fully saturated rings. The SMILES string of the molecule is COCCN(Cc1ccccc1)C(=O)Nc1ccc(Br)cc1. The van der Waals surface area contributed by atoms with Gasteiger partial charge in [0.2, 0.25) is 0 Å². The van der Waals surface area contributed by atoms with Crippen LogP contribution in [-0.4, -0.2) is 31.2 Å². The molecule has 0 aliphatic heterocycles. The molecular formula is C17H19BrN2O2. The predicted molar refractivity (Wildman–Crippen MR) is 91.9 cm³/mol. The summed E-state index contributed by atoms with van der Waals surface area (Å²) in [6, 6.07) is 17.3. The maximum Gasteiger partial charge on any atom is 0.322 e. The fraction of sp³-hybridized carbons (Fsp3) is 0.235. The Morgan fingerprint density at radius 3 is 2.45 bits per heavy atom. The van der Waals surface area contributed by atoms with E-state index in [-0.39, 0.29) is 6.03 Å². The molecule has 0 spiro atoms. The summed E-state index contributed by atoms with van der Waals surface area (Å²) in [7, 11) is 1.63. The van der Waals surface area contributed by atoms with E-state index < -0.39 is 0 Å². The molecule has 0 heterocycles. The largest absolute Gasteiger partial charge is 0.383 e. The van der Waals surface area contributed by atoms with Crippen molar-refractivity contribution in [1.82, 2.24) is 4.90 Å². The summed E-state index contributed by atoms with van der Waals surface area (Å²) in [4.78, 5) is 14.2. The van der Waals surface area contributed by atoms with E-state index in [1.807, 2.05) is 54.6 Å². The van der Waals surface area contributed by atoms with Gasteiger partial charge in [-0.25, -0.2) is 4.79 Å². The van der Waals surface area contributed by atoms with E-state index in [4.69, 9.17) is 4.74 Å². The molecule has 2 amide bonds. The Kier molecular flexibility index (Phi) is 6.43. The molecule has 2 rings (SSSR count). The molecule has 0 atom stereocenters. The topological polar surface area (TPSA) is 41.6 Å². The summed E-state index contributed by atoms with van der Waals surface area (Å²) in [5.74, 6) is 0. The van der Waals surface area contributed by atoms with Gasteiger partial charge in [-0.3, -0.25) is 0 Å². The zero-order chi connectivity index (χ0) is 15.8. The lowest BCUT2D eigenvalue weighted by Crippen LogP contribution is -2.36. The lowest BCUT2D eigenvalue weighted by molar-refractivity contribution is 0.153. The van der Waals surface area contributed by atoms with E-state index in [1.54, 1.807) is 12.0 Å². The third-order valence-corrected chi connectivity index (χ3v) is 3.69. The van der Waals surface area contributed by atoms with Crippen molar-refractivity contribution in [3.63, 3.8) is 0 Å². The van der Waals surface area contributed by atoms with Gasteiger partial charge in [0.05, 0.1) is 6.61 Å². The number of hydrogen-bond donors (Lipinski definition) is 1. The Morgan fingerprint density at radius 1 is 1.14 bits per heavy atom. The first-order valence-corrected chi connectivity index (χ1v) is 7.82. The lowest BCUT2D eigenvalue weighted by Gasteiger charge is -2.23. The number of urea groups is 1. The Labute approximate surface area is 139 Å². The number of carbonyl (C=O) groups is 1. The number of amides is 2. The van der Waals surface area contributed by atoms with Crippen molar-refractivity contribution < 1.29 is 9.53 Å². The van der Waals surface area contributed by atoms with Gasteiger partial charge in [0, 0.05) is 30.4 Å². The summed E-state index contributed by atoms with van der Waals surface area (Å²) in [5, 5.41) is 2.91. The Morgan fingerprint density at radius 2 is 1.82 bits per heavy atom. The van der Waals surface area contributed by atoms with E-state index in [0.717, 1.165) is 15.7 Å². The van der Waals surface area contributed by atoms with Crippen LogP contribution in [0.5, 0.6) is 0 Å². The molecule has 0 saturated carbocycles. The van der Waals surface area contributed by atoms with Gasteiger partial charge in [0.15, 0.2) is 0 Å². The van der Waals surface area contributed by atoms with Crippen LogP contribution in [0, 0.1) is 0 Å². The van der Waals surface area contributed by atoms with Crippen LogP contribution in [0.2, 0.25) is 0 Å². The van der Waals surface area contributed by atoms with Crippen molar-refractivity contribution in [2.24, 2.45) is 0 Å². The van der Waals surface area contributed by atoms with Gasteiger partial charge < -0.3 is 15.0 Å². The van der Waals surface area contributed by atoms with Gasteiger partial charge in [-0.05, 0) is 29.8 Å². The first kappa shape index (κ1) is 16.5. The summed E-state index contributed by atoms with van der Waals surface area (Å²) in [5.41, 5.74) is 1.85. The average molecular weight is 363 g/mol. The summed E-state index contributed by atoms with van der Waals surface area (Å²) in [6.45, 7) is 1.58. The smallest absolute Gasteiger partial charge is 0.322 e. The van der Waals surface area contributed by atoms with Crippen molar-refractivity contribution in [1.29, 1.82) is 0 Å². The highest BCUT2D eigenvalue weighted by atomic mass is 79.9. The van der Waals surface area contributed by atoms with Gasteiger partial charge in [-0.2, -0.15) is 0 Å². The number of ether oxygens (including phenoxy) is 1. The van der Waals surface area contributed by atoms with Gasteiger partial charge in [-0.1, -0.05) is 46.3 Å². The van der Waals surface area contributed by atoms with Gasteiger partial charge in [-0.15, -0.1) is 0 Å². The molecule has 0 aromatic heterocycles. The van der Waals surface area contributed by atoms with E-state index in [0.29, 0.717) is 19.7 Å². The number of halogens is 1. The zero-order valence-electron chi connectivity index (χ0n) is 12.5. The van der Waals surface area contributed by atoms with Crippen molar-refractivity contribution in [2.75, 3.05) is 25.6 Å². The average Bonchev–Trinajstić information content (AvgIpc) is 2.54. The number of hydrogen-bond acceptors (Lipinski definition) is 2. The maximum atomic E-state index is 12.5. The number of rotatable bonds is 6. The zero-order valence-corrected chi connectivity index (χ0v) is 14.0. The molecule has 0 bridgehead atoms. The Hall–Kier alpha value is -1.85. The molecule has 0 unspecified atom stereocenters. The third kappa shape index (κ3) is 5.16. The van der Waals surface area contributed by atoms with Crippen LogP contribution in [-0.2, 0) is 11.3 Å². The van der Waals surface area contributed by atoms with Crippen LogP contribution in [0.15, 0.2) is 59.1 Å².